The first kappa shape index (κ1) is 15.3. The molecule has 0 spiro atoms. The van der Waals surface area contributed by atoms with E-state index in [2.05, 4.69) is 31.4 Å². The van der Waals surface area contributed by atoms with E-state index in [1.807, 2.05) is 36.6 Å². The Morgan fingerprint density at radius 1 is 1.32 bits per heavy atom. The fraction of sp³-hybridized carbons (Fsp3) is 0.0714. The third-order valence-electron chi connectivity index (χ3n) is 2.76. The van der Waals surface area contributed by atoms with Crippen LogP contribution in [0.5, 0.6) is 0 Å². The van der Waals surface area contributed by atoms with E-state index in [4.69, 9.17) is 4.42 Å². The van der Waals surface area contributed by atoms with Crippen LogP contribution in [-0.2, 0) is 0 Å². The van der Waals surface area contributed by atoms with Crippen molar-refractivity contribution < 1.29 is 9.21 Å². The van der Waals surface area contributed by atoms with Gasteiger partial charge in [0.2, 0.25) is 0 Å². The summed E-state index contributed by atoms with van der Waals surface area (Å²) in [5.74, 6) is 0.0994. The Balaban J connectivity index is 1.75. The molecule has 0 unspecified atom stereocenters. The van der Waals surface area contributed by atoms with Crippen LogP contribution in [0, 0.1) is 0 Å². The first-order chi connectivity index (χ1) is 10.7. The fourth-order valence-corrected chi connectivity index (χ4v) is 3.50. The average molecular weight is 396 g/mol. The quantitative estimate of drug-likeness (QED) is 0.656. The molecule has 0 saturated carbocycles. The summed E-state index contributed by atoms with van der Waals surface area (Å²) in [7, 11) is 0. The summed E-state index contributed by atoms with van der Waals surface area (Å²) in [5.41, 5.74) is 0.547. The number of amides is 1. The maximum absolute atomic E-state index is 12.2. The molecule has 2 heterocycles. The van der Waals surface area contributed by atoms with Gasteiger partial charge in [0.05, 0.1) is 8.66 Å². The van der Waals surface area contributed by atoms with Crippen LogP contribution in [0.1, 0.15) is 10.4 Å². The molecule has 0 aliphatic carbocycles. The highest BCUT2D eigenvalue weighted by atomic mass is 79.9. The number of carbonyl (C=O) groups is 1. The molecule has 112 valence electrons. The number of anilines is 1. The molecular formula is C14H10BrN3O2S2. The van der Waals surface area contributed by atoms with Gasteiger partial charge in [-0.2, -0.15) is 0 Å². The van der Waals surface area contributed by atoms with Crippen molar-refractivity contribution in [1.29, 1.82) is 0 Å². The molecule has 8 heteroatoms. The normalized spacial score (nSPS) is 10.6. The summed E-state index contributed by atoms with van der Waals surface area (Å²) < 4.78 is 6.43. The maximum Gasteiger partial charge on any atom is 0.322 e. The Kier molecular flexibility index (Phi) is 4.60. The first-order valence-corrected chi connectivity index (χ1v) is 9.04. The number of halogens is 1. The van der Waals surface area contributed by atoms with E-state index in [0.717, 1.165) is 13.6 Å². The monoisotopic (exact) mass is 395 g/mol. The van der Waals surface area contributed by atoms with Crippen LogP contribution < -0.4 is 5.32 Å². The Labute approximate surface area is 143 Å². The van der Waals surface area contributed by atoms with Gasteiger partial charge in [0.1, 0.15) is 0 Å². The Bertz CT molecular complexity index is 816. The molecule has 0 aliphatic heterocycles. The van der Waals surface area contributed by atoms with E-state index in [9.17, 15) is 4.79 Å². The van der Waals surface area contributed by atoms with Crippen molar-refractivity contribution in [1.82, 2.24) is 10.2 Å². The second-order valence-electron chi connectivity index (χ2n) is 4.20. The predicted molar refractivity (Wildman–Crippen MR) is 91.5 cm³/mol. The van der Waals surface area contributed by atoms with Gasteiger partial charge in [0.25, 0.3) is 11.8 Å². The largest absolute Gasteiger partial charge is 0.402 e. The molecule has 22 heavy (non-hydrogen) atoms. The Morgan fingerprint density at radius 3 is 2.91 bits per heavy atom. The van der Waals surface area contributed by atoms with Gasteiger partial charge in [-0.25, -0.2) is 0 Å². The van der Waals surface area contributed by atoms with Crippen molar-refractivity contribution in [2.75, 3.05) is 11.6 Å². The standard InChI is InChI=1S/C14H10BrN3O2S2/c1-21-9-4-2-3-8(7-9)12(19)16-14-18-17-13(20-14)10-5-6-11(15)22-10/h2-7H,1H3,(H,16,18,19). The summed E-state index contributed by atoms with van der Waals surface area (Å²) in [6, 6.07) is 11.2. The third-order valence-corrected chi connectivity index (χ3v) is 5.10. The molecule has 1 N–H and O–H groups in total. The van der Waals surface area contributed by atoms with E-state index in [-0.39, 0.29) is 11.9 Å². The molecule has 1 aromatic carbocycles. The topological polar surface area (TPSA) is 68.0 Å². The second-order valence-corrected chi connectivity index (χ2v) is 7.54. The number of carbonyl (C=O) groups excluding carboxylic acids is 1. The molecule has 1 amide bonds. The van der Waals surface area contributed by atoms with Crippen LogP contribution in [0.25, 0.3) is 10.8 Å². The molecule has 0 atom stereocenters. The number of thiophene rings is 1. The molecule has 5 nitrogen and oxygen atoms in total. The van der Waals surface area contributed by atoms with Crippen LogP contribution in [-0.4, -0.2) is 22.4 Å². The predicted octanol–water partition coefficient (Wildman–Crippen LogP) is 4.53. The Hall–Kier alpha value is -1.64. The van der Waals surface area contributed by atoms with Crippen LogP contribution in [0.2, 0.25) is 0 Å². The molecule has 2 aromatic heterocycles. The third kappa shape index (κ3) is 3.40. The highest BCUT2D eigenvalue weighted by molar-refractivity contribution is 9.11. The zero-order valence-corrected chi connectivity index (χ0v) is 14.6. The second kappa shape index (κ2) is 6.64. The zero-order valence-electron chi connectivity index (χ0n) is 11.4. The van der Waals surface area contributed by atoms with Crippen LogP contribution >= 0.6 is 39.0 Å². The lowest BCUT2D eigenvalue weighted by atomic mass is 10.2. The number of benzene rings is 1. The molecule has 0 fully saturated rings. The van der Waals surface area contributed by atoms with Crippen molar-refractivity contribution in [3.05, 3.63) is 45.7 Å². The molecule has 0 radical (unpaired) electrons. The van der Waals surface area contributed by atoms with Crippen LogP contribution in [0.3, 0.4) is 0 Å². The van der Waals surface area contributed by atoms with Gasteiger partial charge in [0, 0.05) is 10.5 Å². The minimum absolute atomic E-state index is 0.0825. The summed E-state index contributed by atoms with van der Waals surface area (Å²) in [5, 5.41) is 10.4. The molecule has 3 rings (SSSR count). The summed E-state index contributed by atoms with van der Waals surface area (Å²) in [6.45, 7) is 0. The van der Waals surface area contributed by atoms with Gasteiger partial charge < -0.3 is 4.42 Å². The van der Waals surface area contributed by atoms with Gasteiger partial charge in [-0.15, -0.1) is 28.2 Å². The van der Waals surface area contributed by atoms with E-state index < -0.39 is 0 Å². The Morgan fingerprint density at radius 2 is 2.18 bits per heavy atom. The van der Waals surface area contributed by atoms with Crippen molar-refractivity contribution in [3.8, 4) is 10.8 Å². The molecule has 0 bridgehead atoms. The van der Waals surface area contributed by atoms with E-state index in [1.54, 1.807) is 17.8 Å². The van der Waals surface area contributed by atoms with Crippen LogP contribution in [0.15, 0.2) is 49.5 Å². The van der Waals surface area contributed by atoms with E-state index in [0.29, 0.717) is 11.5 Å². The number of rotatable bonds is 4. The lowest BCUT2D eigenvalue weighted by molar-refractivity contribution is 0.102. The van der Waals surface area contributed by atoms with Gasteiger partial charge in [0.15, 0.2) is 0 Å². The maximum atomic E-state index is 12.2. The summed E-state index contributed by atoms with van der Waals surface area (Å²) >= 11 is 6.43. The van der Waals surface area contributed by atoms with Crippen LogP contribution in [0.4, 0.5) is 6.01 Å². The molecule has 3 aromatic rings. The average Bonchev–Trinajstić information content (AvgIpc) is 3.16. The van der Waals surface area contributed by atoms with Gasteiger partial charge in [-0.3, -0.25) is 10.1 Å². The fourth-order valence-electron chi connectivity index (χ4n) is 1.74. The number of thioether (sulfide) groups is 1. The number of nitrogens with one attached hydrogen (secondary N) is 1. The van der Waals surface area contributed by atoms with E-state index in [1.165, 1.54) is 11.3 Å². The smallest absolute Gasteiger partial charge is 0.322 e. The molecule has 0 aliphatic rings. The summed E-state index contributed by atoms with van der Waals surface area (Å²) in [4.78, 5) is 14.0. The number of aromatic nitrogens is 2. The number of hydrogen-bond acceptors (Lipinski definition) is 6. The van der Waals surface area contributed by atoms with Crippen molar-refractivity contribution >= 4 is 51.0 Å². The molecule has 0 saturated heterocycles. The minimum atomic E-state index is -0.279. The number of hydrogen-bond donors (Lipinski definition) is 1. The van der Waals surface area contributed by atoms with Crippen molar-refractivity contribution in [2.45, 2.75) is 4.90 Å². The molecular weight excluding hydrogens is 386 g/mol. The van der Waals surface area contributed by atoms with Gasteiger partial charge in [-0.05, 0) is 52.5 Å². The lowest BCUT2D eigenvalue weighted by Gasteiger charge is -2.02. The highest BCUT2D eigenvalue weighted by Crippen LogP contribution is 2.31. The lowest BCUT2D eigenvalue weighted by Crippen LogP contribution is -2.12. The van der Waals surface area contributed by atoms with Crippen molar-refractivity contribution in [3.63, 3.8) is 0 Å². The SMILES string of the molecule is CSc1cccc(C(=O)Nc2nnc(-c3ccc(Br)s3)o2)c1. The number of nitrogens with zero attached hydrogens (tertiary/aromatic N) is 2. The van der Waals surface area contributed by atoms with Crippen molar-refractivity contribution in [2.24, 2.45) is 0 Å². The minimum Gasteiger partial charge on any atom is -0.402 e. The zero-order chi connectivity index (χ0) is 15.5. The van der Waals surface area contributed by atoms with Gasteiger partial charge >= 0.3 is 6.01 Å². The summed E-state index contributed by atoms with van der Waals surface area (Å²) in [6.07, 6.45) is 1.96. The van der Waals surface area contributed by atoms with Gasteiger partial charge in [-0.1, -0.05) is 11.2 Å². The highest BCUT2D eigenvalue weighted by Gasteiger charge is 2.14. The van der Waals surface area contributed by atoms with E-state index >= 15 is 0 Å². The first-order valence-electron chi connectivity index (χ1n) is 6.20.